The van der Waals surface area contributed by atoms with Gasteiger partial charge in [0.15, 0.2) is 18.3 Å². The lowest BCUT2D eigenvalue weighted by atomic mass is 10.0. The lowest BCUT2D eigenvalue weighted by molar-refractivity contribution is -0.678. The van der Waals surface area contributed by atoms with E-state index < -0.39 is 0 Å². The molecule has 0 saturated carbocycles. The minimum Gasteiger partial charge on any atom is -0.463 e. The molecule has 2 aromatic rings. The summed E-state index contributed by atoms with van der Waals surface area (Å²) in [5, 5.41) is 6.91. The summed E-state index contributed by atoms with van der Waals surface area (Å²) in [4.78, 5) is 22.9. The van der Waals surface area contributed by atoms with E-state index in [2.05, 4.69) is 10.6 Å². The highest BCUT2D eigenvalue weighted by Gasteiger charge is 2.21. The van der Waals surface area contributed by atoms with Gasteiger partial charge in [0.25, 0.3) is 5.91 Å². The number of nitrogens with two attached hydrogens (primary N) is 1. The number of amides is 2. The molecule has 0 spiro atoms. The fourth-order valence-electron chi connectivity index (χ4n) is 2.11. The van der Waals surface area contributed by atoms with Gasteiger partial charge in [0, 0.05) is 12.6 Å². The summed E-state index contributed by atoms with van der Waals surface area (Å²) < 4.78 is 5.47. The van der Waals surface area contributed by atoms with Crippen LogP contribution in [0.3, 0.4) is 0 Å². The summed E-state index contributed by atoms with van der Waals surface area (Å²) in [7, 11) is 1.53. The Balaban J connectivity index is 1.97. The maximum Gasteiger partial charge on any atom is 0.275 e. The molecule has 1 aromatic carbocycles. The van der Waals surface area contributed by atoms with Gasteiger partial charge < -0.3 is 20.4 Å². The van der Waals surface area contributed by atoms with E-state index >= 15 is 0 Å². The average molecular weight is 302 g/mol. The molecule has 0 aliphatic rings. The molecule has 1 aromatic heterocycles. The normalized spacial score (nSPS) is 11.7. The Labute approximate surface area is 128 Å². The van der Waals surface area contributed by atoms with Crippen LogP contribution < -0.4 is 16.0 Å². The van der Waals surface area contributed by atoms with Gasteiger partial charge in [-0.2, -0.15) is 0 Å². The van der Waals surface area contributed by atoms with Crippen molar-refractivity contribution in [2.75, 3.05) is 20.1 Å². The van der Waals surface area contributed by atoms with Crippen LogP contribution in [0.4, 0.5) is 0 Å². The fourth-order valence-corrected chi connectivity index (χ4v) is 2.11. The van der Waals surface area contributed by atoms with Crippen LogP contribution >= 0.6 is 0 Å². The standard InChI is InChI=1S/C16H19N3O3/c1-17-14(20)10-18-15(21)11-19-16(13-8-5-9-22-13)12-6-3-2-4-7-12/h2-9,16,19H,10-11H2,1H3,(H,17,20)(H,18,21)/p+1/t16-/m0/s1. The van der Waals surface area contributed by atoms with Crippen LogP contribution in [0.25, 0.3) is 0 Å². The van der Waals surface area contributed by atoms with E-state index in [1.807, 2.05) is 47.8 Å². The van der Waals surface area contributed by atoms with Gasteiger partial charge in [-0.15, -0.1) is 0 Å². The van der Waals surface area contributed by atoms with Crippen LogP contribution in [0.1, 0.15) is 17.4 Å². The second kappa shape index (κ2) is 7.99. The highest BCUT2D eigenvalue weighted by molar-refractivity contribution is 5.84. The average Bonchev–Trinajstić information content (AvgIpc) is 3.08. The van der Waals surface area contributed by atoms with E-state index in [9.17, 15) is 9.59 Å². The molecular weight excluding hydrogens is 282 g/mol. The van der Waals surface area contributed by atoms with Crippen molar-refractivity contribution in [2.45, 2.75) is 6.04 Å². The first-order chi connectivity index (χ1) is 10.7. The second-order valence-corrected chi connectivity index (χ2v) is 4.79. The largest absolute Gasteiger partial charge is 0.463 e. The van der Waals surface area contributed by atoms with Gasteiger partial charge in [0.1, 0.15) is 0 Å². The molecule has 2 amide bonds. The molecular formula is C16H20N3O3+. The molecule has 0 unspecified atom stereocenters. The van der Waals surface area contributed by atoms with Crippen molar-refractivity contribution in [2.24, 2.45) is 0 Å². The highest BCUT2D eigenvalue weighted by atomic mass is 16.3. The molecule has 0 saturated heterocycles. The molecule has 116 valence electrons. The monoisotopic (exact) mass is 302 g/mol. The van der Waals surface area contributed by atoms with Gasteiger partial charge in [0.05, 0.1) is 12.8 Å². The predicted molar refractivity (Wildman–Crippen MR) is 80.9 cm³/mol. The zero-order valence-corrected chi connectivity index (χ0v) is 12.4. The Morgan fingerprint density at radius 1 is 1.14 bits per heavy atom. The minimum absolute atomic E-state index is 0.0140. The van der Waals surface area contributed by atoms with Crippen LogP contribution in [0.2, 0.25) is 0 Å². The molecule has 6 heteroatoms. The van der Waals surface area contributed by atoms with Gasteiger partial charge in [-0.05, 0) is 12.1 Å². The molecule has 4 N–H and O–H groups in total. The summed E-state index contributed by atoms with van der Waals surface area (Å²) in [6.45, 7) is 0.192. The Bertz CT molecular complexity index is 596. The van der Waals surface area contributed by atoms with Crippen molar-refractivity contribution in [3.8, 4) is 0 Å². The van der Waals surface area contributed by atoms with Crippen molar-refractivity contribution in [3.63, 3.8) is 0 Å². The zero-order chi connectivity index (χ0) is 15.8. The van der Waals surface area contributed by atoms with Crippen LogP contribution in [0, 0.1) is 0 Å². The SMILES string of the molecule is CNC(=O)CNC(=O)C[NH2+][C@@H](c1ccccc1)c1ccco1. The first kappa shape index (κ1) is 15.8. The van der Waals surface area contributed by atoms with Crippen LogP contribution in [-0.2, 0) is 9.59 Å². The third kappa shape index (κ3) is 4.46. The third-order valence-electron chi connectivity index (χ3n) is 3.27. The molecule has 0 fully saturated rings. The van der Waals surface area contributed by atoms with Gasteiger partial charge in [-0.1, -0.05) is 30.3 Å². The lowest BCUT2D eigenvalue weighted by Gasteiger charge is -2.13. The van der Waals surface area contributed by atoms with E-state index in [1.54, 1.807) is 6.26 Å². The van der Waals surface area contributed by atoms with Crippen molar-refractivity contribution < 1.29 is 19.3 Å². The number of rotatable bonds is 7. The molecule has 2 rings (SSSR count). The van der Waals surface area contributed by atoms with Crippen LogP contribution in [0.15, 0.2) is 53.1 Å². The maximum absolute atomic E-state index is 11.8. The number of carbonyl (C=O) groups is 2. The smallest absolute Gasteiger partial charge is 0.275 e. The van der Waals surface area contributed by atoms with E-state index in [4.69, 9.17) is 4.42 Å². The number of nitrogens with one attached hydrogen (secondary N) is 2. The van der Waals surface area contributed by atoms with Gasteiger partial charge in [-0.3, -0.25) is 9.59 Å². The van der Waals surface area contributed by atoms with Crippen molar-refractivity contribution in [1.29, 1.82) is 0 Å². The summed E-state index contributed by atoms with van der Waals surface area (Å²) in [5.41, 5.74) is 1.05. The maximum atomic E-state index is 11.8. The first-order valence-corrected chi connectivity index (χ1v) is 7.09. The molecule has 0 bridgehead atoms. The first-order valence-electron chi connectivity index (χ1n) is 7.09. The number of hydrogen-bond donors (Lipinski definition) is 3. The fraction of sp³-hybridized carbons (Fsp3) is 0.250. The third-order valence-corrected chi connectivity index (χ3v) is 3.27. The molecule has 22 heavy (non-hydrogen) atoms. The molecule has 6 nitrogen and oxygen atoms in total. The summed E-state index contributed by atoms with van der Waals surface area (Å²) in [6, 6.07) is 13.4. The van der Waals surface area contributed by atoms with Crippen molar-refractivity contribution in [3.05, 3.63) is 60.1 Å². The number of quaternary nitrogens is 1. The number of furan rings is 1. The van der Waals surface area contributed by atoms with Gasteiger partial charge >= 0.3 is 0 Å². The van der Waals surface area contributed by atoms with E-state index in [0.29, 0.717) is 0 Å². The number of benzene rings is 1. The number of carbonyl (C=O) groups excluding carboxylic acids is 2. The van der Waals surface area contributed by atoms with Gasteiger partial charge in [-0.25, -0.2) is 0 Å². The Hall–Kier alpha value is -2.60. The van der Waals surface area contributed by atoms with E-state index in [0.717, 1.165) is 11.3 Å². The topological polar surface area (TPSA) is 88.0 Å². The van der Waals surface area contributed by atoms with E-state index in [-0.39, 0.29) is 30.9 Å². The van der Waals surface area contributed by atoms with E-state index in [1.165, 1.54) is 7.05 Å². The highest BCUT2D eigenvalue weighted by Crippen LogP contribution is 2.18. The van der Waals surface area contributed by atoms with Crippen LogP contribution in [-0.4, -0.2) is 32.0 Å². The summed E-state index contributed by atoms with van der Waals surface area (Å²) in [6.07, 6.45) is 1.62. The molecule has 0 aliphatic heterocycles. The minimum atomic E-state index is -0.223. The van der Waals surface area contributed by atoms with Gasteiger partial charge in [0.2, 0.25) is 5.91 Å². The second-order valence-electron chi connectivity index (χ2n) is 4.79. The Morgan fingerprint density at radius 2 is 1.91 bits per heavy atom. The summed E-state index contributed by atoms with van der Waals surface area (Å²) >= 11 is 0. The molecule has 0 radical (unpaired) electrons. The molecule has 0 aliphatic carbocycles. The predicted octanol–water partition coefficient (Wildman–Crippen LogP) is -0.205. The Morgan fingerprint density at radius 3 is 2.55 bits per heavy atom. The summed E-state index contributed by atoms with van der Waals surface area (Å²) in [5.74, 6) is 0.361. The van der Waals surface area contributed by atoms with Crippen molar-refractivity contribution in [1.82, 2.24) is 10.6 Å². The van der Waals surface area contributed by atoms with Crippen molar-refractivity contribution >= 4 is 11.8 Å². The Kier molecular flexibility index (Phi) is 5.73. The lowest BCUT2D eigenvalue weighted by Crippen LogP contribution is -2.87. The van der Waals surface area contributed by atoms with Crippen LogP contribution in [0.5, 0.6) is 0 Å². The molecule has 1 heterocycles. The number of likely N-dealkylation sites (N-methyl/N-ethyl adjacent to an activating group) is 1. The number of hydrogen-bond acceptors (Lipinski definition) is 3. The molecule has 1 atom stereocenters. The quantitative estimate of drug-likeness (QED) is 0.661. The zero-order valence-electron chi connectivity index (χ0n) is 12.4.